The standard InChI is InChI=1S/C19H19FN2O2/c1-2-3-12-4-7-14(8-5-12)21-19(24)16-11-18(23)22-17-10-13(20)6-9-15(16)17/h4-10,16H,2-3,11H2,1H3,(H,21,24)(H,22,23)/t16-/m0/s1. The molecule has 2 N–H and O–H groups in total. The average Bonchev–Trinajstić information content (AvgIpc) is 2.55. The quantitative estimate of drug-likeness (QED) is 0.897. The van der Waals surface area contributed by atoms with Crippen LogP contribution in [0.2, 0.25) is 0 Å². The second-order valence-corrected chi connectivity index (χ2v) is 5.97. The molecule has 0 saturated heterocycles. The molecule has 0 spiro atoms. The topological polar surface area (TPSA) is 58.2 Å². The predicted octanol–water partition coefficient (Wildman–Crippen LogP) is 3.84. The van der Waals surface area contributed by atoms with Gasteiger partial charge in [0.2, 0.25) is 11.8 Å². The van der Waals surface area contributed by atoms with Gasteiger partial charge < -0.3 is 10.6 Å². The maximum absolute atomic E-state index is 13.3. The number of hydrogen-bond acceptors (Lipinski definition) is 2. The fraction of sp³-hybridized carbons (Fsp3) is 0.263. The molecule has 1 atom stereocenters. The highest BCUT2D eigenvalue weighted by molar-refractivity contribution is 6.05. The van der Waals surface area contributed by atoms with Gasteiger partial charge in [-0.25, -0.2) is 4.39 Å². The number of aryl methyl sites for hydroxylation is 1. The molecule has 0 bridgehead atoms. The van der Waals surface area contributed by atoms with Crippen LogP contribution in [0.4, 0.5) is 15.8 Å². The molecular weight excluding hydrogens is 307 g/mol. The van der Waals surface area contributed by atoms with Crippen LogP contribution in [0.3, 0.4) is 0 Å². The molecule has 3 rings (SSSR count). The van der Waals surface area contributed by atoms with E-state index in [4.69, 9.17) is 0 Å². The monoisotopic (exact) mass is 326 g/mol. The molecule has 124 valence electrons. The first-order valence-electron chi connectivity index (χ1n) is 8.06. The number of carbonyl (C=O) groups is 2. The number of rotatable bonds is 4. The van der Waals surface area contributed by atoms with Crippen LogP contribution in [0.25, 0.3) is 0 Å². The van der Waals surface area contributed by atoms with Crippen molar-refractivity contribution in [2.24, 2.45) is 0 Å². The van der Waals surface area contributed by atoms with Gasteiger partial charge in [0.1, 0.15) is 5.82 Å². The van der Waals surface area contributed by atoms with E-state index in [2.05, 4.69) is 17.6 Å². The average molecular weight is 326 g/mol. The predicted molar refractivity (Wildman–Crippen MR) is 91.5 cm³/mol. The lowest BCUT2D eigenvalue weighted by molar-refractivity contribution is -0.123. The second-order valence-electron chi connectivity index (χ2n) is 5.97. The smallest absolute Gasteiger partial charge is 0.232 e. The Bertz CT molecular complexity index is 771. The van der Waals surface area contributed by atoms with E-state index >= 15 is 0 Å². The summed E-state index contributed by atoms with van der Waals surface area (Å²) in [5.74, 6) is -1.61. The van der Waals surface area contributed by atoms with Crippen LogP contribution in [-0.4, -0.2) is 11.8 Å². The lowest BCUT2D eigenvalue weighted by atomic mass is 9.89. The minimum absolute atomic E-state index is 0.0540. The van der Waals surface area contributed by atoms with Gasteiger partial charge in [-0.15, -0.1) is 0 Å². The van der Waals surface area contributed by atoms with Crippen LogP contribution >= 0.6 is 0 Å². The third-order valence-electron chi connectivity index (χ3n) is 4.13. The number of carbonyl (C=O) groups excluding carboxylic acids is 2. The Hall–Kier alpha value is -2.69. The molecule has 1 heterocycles. The maximum Gasteiger partial charge on any atom is 0.232 e. The molecule has 0 aromatic heterocycles. The molecule has 1 aliphatic rings. The highest BCUT2D eigenvalue weighted by Crippen LogP contribution is 2.33. The second kappa shape index (κ2) is 6.83. The molecule has 5 heteroatoms. The fourth-order valence-electron chi connectivity index (χ4n) is 2.94. The van der Waals surface area contributed by atoms with E-state index in [0.29, 0.717) is 16.9 Å². The van der Waals surface area contributed by atoms with Gasteiger partial charge >= 0.3 is 0 Å². The van der Waals surface area contributed by atoms with Gasteiger partial charge in [0.25, 0.3) is 0 Å². The number of benzene rings is 2. The highest BCUT2D eigenvalue weighted by atomic mass is 19.1. The van der Waals surface area contributed by atoms with Gasteiger partial charge in [-0.3, -0.25) is 9.59 Å². The SMILES string of the molecule is CCCc1ccc(NC(=O)[C@H]2CC(=O)Nc3cc(F)ccc32)cc1. The lowest BCUT2D eigenvalue weighted by Gasteiger charge is -2.25. The Balaban J connectivity index is 1.79. The van der Waals surface area contributed by atoms with Gasteiger partial charge in [-0.1, -0.05) is 31.5 Å². The Morgan fingerprint density at radius 3 is 2.71 bits per heavy atom. The molecule has 2 aromatic carbocycles. The van der Waals surface area contributed by atoms with Crippen molar-refractivity contribution in [2.75, 3.05) is 10.6 Å². The summed E-state index contributed by atoms with van der Waals surface area (Å²) in [6.07, 6.45) is 2.12. The van der Waals surface area contributed by atoms with Crippen molar-refractivity contribution in [3.05, 3.63) is 59.4 Å². The maximum atomic E-state index is 13.3. The fourth-order valence-corrected chi connectivity index (χ4v) is 2.94. The van der Waals surface area contributed by atoms with E-state index in [1.807, 2.05) is 24.3 Å². The van der Waals surface area contributed by atoms with Crippen molar-refractivity contribution < 1.29 is 14.0 Å². The van der Waals surface area contributed by atoms with Gasteiger partial charge in [0, 0.05) is 17.8 Å². The van der Waals surface area contributed by atoms with Crippen LogP contribution in [-0.2, 0) is 16.0 Å². The van der Waals surface area contributed by atoms with Crippen molar-refractivity contribution in [2.45, 2.75) is 32.1 Å². The molecular formula is C19H19FN2O2. The van der Waals surface area contributed by atoms with Gasteiger partial charge in [-0.05, 0) is 41.8 Å². The number of hydrogen-bond donors (Lipinski definition) is 2. The van der Waals surface area contributed by atoms with E-state index in [1.165, 1.54) is 17.7 Å². The van der Waals surface area contributed by atoms with Gasteiger partial charge in [0.15, 0.2) is 0 Å². The van der Waals surface area contributed by atoms with Gasteiger partial charge in [-0.2, -0.15) is 0 Å². The third-order valence-corrected chi connectivity index (χ3v) is 4.13. The van der Waals surface area contributed by atoms with Crippen molar-refractivity contribution in [3.63, 3.8) is 0 Å². The Morgan fingerprint density at radius 1 is 1.25 bits per heavy atom. The van der Waals surface area contributed by atoms with E-state index in [1.54, 1.807) is 6.07 Å². The first-order chi connectivity index (χ1) is 11.6. The van der Waals surface area contributed by atoms with Crippen LogP contribution in [0.15, 0.2) is 42.5 Å². The van der Waals surface area contributed by atoms with Crippen LogP contribution in [0, 0.1) is 5.82 Å². The molecule has 2 amide bonds. The van der Waals surface area contributed by atoms with E-state index in [-0.39, 0.29) is 18.2 Å². The van der Waals surface area contributed by atoms with Crippen molar-refractivity contribution in [3.8, 4) is 0 Å². The van der Waals surface area contributed by atoms with E-state index in [9.17, 15) is 14.0 Å². The first-order valence-corrected chi connectivity index (χ1v) is 8.06. The van der Waals surface area contributed by atoms with Crippen LogP contribution < -0.4 is 10.6 Å². The number of halogens is 1. The molecule has 0 aliphatic carbocycles. The zero-order chi connectivity index (χ0) is 17.1. The summed E-state index contributed by atoms with van der Waals surface area (Å²) in [5.41, 5.74) is 2.91. The molecule has 0 radical (unpaired) electrons. The zero-order valence-electron chi connectivity index (χ0n) is 13.4. The lowest BCUT2D eigenvalue weighted by Crippen LogP contribution is -2.30. The van der Waals surface area contributed by atoms with Crippen molar-refractivity contribution in [1.82, 2.24) is 0 Å². The Morgan fingerprint density at radius 2 is 2.00 bits per heavy atom. The number of nitrogens with one attached hydrogen (secondary N) is 2. The number of fused-ring (bicyclic) bond motifs is 1. The Kier molecular flexibility index (Phi) is 4.60. The minimum atomic E-state index is -0.621. The van der Waals surface area contributed by atoms with Crippen LogP contribution in [0.5, 0.6) is 0 Å². The number of anilines is 2. The summed E-state index contributed by atoms with van der Waals surface area (Å²) >= 11 is 0. The van der Waals surface area contributed by atoms with Crippen molar-refractivity contribution >= 4 is 23.2 Å². The normalized spacial score (nSPS) is 16.2. The van der Waals surface area contributed by atoms with E-state index < -0.39 is 11.7 Å². The Labute approximate surface area is 140 Å². The number of amides is 2. The summed E-state index contributed by atoms with van der Waals surface area (Å²) in [4.78, 5) is 24.4. The molecule has 1 aliphatic heterocycles. The summed E-state index contributed by atoms with van der Waals surface area (Å²) in [7, 11) is 0. The first kappa shape index (κ1) is 16.2. The van der Waals surface area contributed by atoms with E-state index in [0.717, 1.165) is 12.8 Å². The summed E-state index contributed by atoms with van der Waals surface area (Å²) < 4.78 is 13.3. The molecule has 0 fully saturated rings. The van der Waals surface area contributed by atoms with Crippen molar-refractivity contribution in [1.29, 1.82) is 0 Å². The van der Waals surface area contributed by atoms with Gasteiger partial charge in [0.05, 0.1) is 5.92 Å². The summed E-state index contributed by atoms with van der Waals surface area (Å²) in [6, 6.07) is 11.8. The summed E-state index contributed by atoms with van der Waals surface area (Å²) in [5, 5.41) is 5.46. The zero-order valence-corrected chi connectivity index (χ0v) is 13.4. The summed E-state index contributed by atoms with van der Waals surface area (Å²) in [6.45, 7) is 2.12. The molecule has 0 unspecified atom stereocenters. The molecule has 4 nitrogen and oxygen atoms in total. The molecule has 24 heavy (non-hydrogen) atoms. The molecule has 0 saturated carbocycles. The minimum Gasteiger partial charge on any atom is -0.326 e. The largest absolute Gasteiger partial charge is 0.326 e. The third kappa shape index (κ3) is 3.45. The molecule has 2 aromatic rings. The van der Waals surface area contributed by atoms with Crippen LogP contribution in [0.1, 0.15) is 36.8 Å². The highest BCUT2D eigenvalue weighted by Gasteiger charge is 2.30.